The summed E-state index contributed by atoms with van der Waals surface area (Å²) in [5, 5.41) is 8.96. The van der Waals surface area contributed by atoms with E-state index in [4.69, 9.17) is 32.8 Å². The molecule has 3 atom stereocenters. The normalized spacial score (nSPS) is 14.7. The van der Waals surface area contributed by atoms with Gasteiger partial charge >= 0.3 is 13.3 Å². The zero-order valence-corrected chi connectivity index (χ0v) is 25.1. The highest BCUT2D eigenvalue weighted by Crippen LogP contribution is 2.49. The van der Waals surface area contributed by atoms with Crippen LogP contribution in [0.1, 0.15) is 40.3 Å². The largest absolute Gasteiger partial charge is 0.373 e. The van der Waals surface area contributed by atoms with Crippen molar-refractivity contribution in [2.45, 2.75) is 58.5 Å². The first-order chi connectivity index (χ1) is 18.5. The first-order valence-electron chi connectivity index (χ1n) is 12.3. The van der Waals surface area contributed by atoms with Crippen molar-refractivity contribution in [1.29, 1.82) is 5.26 Å². The van der Waals surface area contributed by atoms with Crippen LogP contribution in [0.4, 0.5) is 0 Å². The lowest BCUT2D eigenvalue weighted by Gasteiger charge is -2.36. The fourth-order valence-electron chi connectivity index (χ4n) is 3.28. The van der Waals surface area contributed by atoms with Gasteiger partial charge < -0.3 is 27.6 Å². The summed E-state index contributed by atoms with van der Waals surface area (Å²) < 4.78 is 49.7. The molecule has 13 nitrogen and oxygen atoms in total. The zero-order valence-electron chi connectivity index (χ0n) is 23.3. The summed E-state index contributed by atoms with van der Waals surface area (Å²) in [6, 6.07) is 3.36. The second-order valence-electron chi connectivity index (χ2n) is 8.56. The van der Waals surface area contributed by atoms with Crippen LogP contribution in [0.15, 0.2) is 46.4 Å². The molecule has 0 spiro atoms. The number of rotatable bonds is 20. The molecule has 0 amide bonds. The van der Waals surface area contributed by atoms with Crippen LogP contribution in [-0.4, -0.2) is 73.1 Å². The lowest BCUT2D eigenvalue weighted by Crippen LogP contribution is -2.37. The van der Waals surface area contributed by atoms with Gasteiger partial charge in [-0.05, 0) is 33.8 Å². The highest BCUT2D eigenvalue weighted by molar-refractivity contribution is 7.57. The number of hydrogen-bond acceptors (Lipinski definition) is 11. The van der Waals surface area contributed by atoms with Crippen molar-refractivity contribution in [1.82, 2.24) is 14.2 Å². The van der Waals surface area contributed by atoms with Crippen LogP contribution in [0.5, 0.6) is 0 Å². The van der Waals surface area contributed by atoms with Gasteiger partial charge in [-0.2, -0.15) is 5.26 Å². The fourth-order valence-corrected chi connectivity index (χ4v) is 5.69. The summed E-state index contributed by atoms with van der Waals surface area (Å²) in [4.78, 5) is 26.3. The van der Waals surface area contributed by atoms with E-state index in [2.05, 4.69) is 17.6 Å². The van der Waals surface area contributed by atoms with Crippen molar-refractivity contribution in [3.63, 3.8) is 0 Å². The highest BCUT2D eigenvalue weighted by Gasteiger charge is 2.29. The number of nitriles is 1. The number of aromatic amines is 1. The van der Waals surface area contributed by atoms with Gasteiger partial charge in [-0.3, -0.25) is 18.9 Å². The van der Waals surface area contributed by atoms with E-state index < -0.39 is 39.7 Å². The van der Waals surface area contributed by atoms with Gasteiger partial charge in [0.05, 0.1) is 38.9 Å². The van der Waals surface area contributed by atoms with Crippen LogP contribution >= 0.6 is 16.1 Å². The Morgan fingerprint density at radius 2 is 1.85 bits per heavy atom. The molecular weight excluding hydrogens is 550 g/mol. The molecule has 39 heavy (non-hydrogen) atoms. The lowest BCUT2D eigenvalue weighted by atomic mass is 10.3. The van der Waals surface area contributed by atoms with Crippen LogP contribution in [0.2, 0.25) is 0 Å². The van der Waals surface area contributed by atoms with Crippen LogP contribution in [0.3, 0.4) is 0 Å². The molecule has 3 unspecified atom stereocenters. The van der Waals surface area contributed by atoms with Crippen molar-refractivity contribution in [3.8, 4) is 6.07 Å². The van der Waals surface area contributed by atoms with E-state index >= 15 is 0 Å². The fraction of sp³-hybridized carbons (Fsp3) is 0.625. The number of nitrogens with zero attached hydrogens (tertiary/aromatic N) is 3. The molecule has 220 valence electrons. The number of H-pyrrole nitrogens is 1. The van der Waals surface area contributed by atoms with Crippen molar-refractivity contribution < 1.29 is 32.1 Å². The number of hydrogen-bond donors (Lipinski definition) is 1. The van der Waals surface area contributed by atoms with E-state index in [-0.39, 0.29) is 44.9 Å². The number of nitrogens with one attached hydrogen (secondary N) is 1. The van der Waals surface area contributed by atoms with E-state index in [1.54, 1.807) is 6.08 Å². The van der Waals surface area contributed by atoms with Crippen molar-refractivity contribution in [2.24, 2.45) is 0 Å². The minimum absolute atomic E-state index is 0.0649. The molecule has 1 aromatic rings. The first-order valence-corrected chi connectivity index (χ1v) is 15.0. The van der Waals surface area contributed by atoms with Gasteiger partial charge in [0.25, 0.3) is 14.1 Å². The first kappa shape index (κ1) is 35.1. The lowest BCUT2D eigenvalue weighted by molar-refractivity contribution is -0.0899. The molecule has 0 aromatic carbocycles. The minimum Gasteiger partial charge on any atom is -0.373 e. The Hall–Kier alpha value is -1.97. The quantitative estimate of drug-likeness (QED) is 0.134. The maximum absolute atomic E-state index is 12.7. The zero-order chi connectivity index (χ0) is 29.4. The van der Waals surface area contributed by atoms with Gasteiger partial charge in [-0.15, -0.1) is 6.58 Å². The second-order valence-corrected chi connectivity index (χ2v) is 12.1. The monoisotopic (exact) mass is 590 g/mol. The van der Waals surface area contributed by atoms with E-state index in [1.807, 2.05) is 32.4 Å². The topological polar surface area (TPSA) is 154 Å². The predicted octanol–water partition coefficient (Wildman–Crippen LogP) is 3.92. The summed E-state index contributed by atoms with van der Waals surface area (Å²) in [5.74, 6) is 1.24. The van der Waals surface area contributed by atoms with Crippen LogP contribution in [0.25, 0.3) is 0 Å². The summed E-state index contributed by atoms with van der Waals surface area (Å²) in [6.07, 6.45) is 2.56. The molecule has 1 aromatic heterocycles. The maximum Gasteiger partial charge on any atom is 0.353 e. The van der Waals surface area contributed by atoms with E-state index in [9.17, 15) is 14.2 Å². The Balaban J connectivity index is 3.37. The maximum atomic E-state index is 12.7. The molecule has 0 aliphatic rings. The summed E-state index contributed by atoms with van der Waals surface area (Å²) in [6.45, 7) is 11.8. The van der Waals surface area contributed by atoms with Gasteiger partial charge in [0.15, 0.2) is 6.23 Å². The predicted molar refractivity (Wildman–Crippen MR) is 148 cm³/mol. The third-order valence-electron chi connectivity index (χ3n) is 4.99. The summed E-state index contributed by atoms with van der Waals surface area (Å²) >= 11 is 0. The standard InChI is InChI=1S/C24H40N4O9P2/c1-8-14-34-18-23(27-13-10-22(29)26-24(27)30)37-21(11-16-39(31,32-6)33-7)17-36-38(35-15-9-12-25)28(19(2)3)20(4)5/h8,10-11,13,16,19-21,23H,1,9,14-15,17-18H2,2-7H3,(H,26,29,30)/b16-11+. The Bertz CT molecular complexity index is 1080. The van der Waals surface area contributed by atoms with Gasteiger partial charge in [0.1, 0.15) is 6.10 Å². The molecule has 15 heteroatoms. The molecule has 0 bridgehead atoms. The number of aromatic nitrogens is 2. The molecule has 0 saturated heterocycles. The summed E-state index contributed by atoms with van der Waals surface area (Å²) in [5.41, 5.74) is -1.27. The molecule has 1 heterocycles. The third-order valence-corrected chi connectivity index (χ3v) is 8.62. The molecule has 0 aliphatic carbocycles. The van der Waals surface area contributed by atoms with Gasteiger partial charge in [-0.25, -0.2) is 9.46 Å². The molecular formula is C24H40N4O9P2. The van der Waals surface area contributed by atoms with Crippen LogP contribution in [0, 0.1) is 11.3 Å². The average molecular weight is 591 g/mol. The van der Waals surface area contributed by atoms with E-state index in [0.717, 1.165) is 0 Å². The molecule has 1 N–H and O–H groups in total. The van der Waals surface area contributed by atoms with Gasteiger partial charge in [0, 0.05) is 44.4 Å². The second kappa shape index (κ2) is 18.4. The third kappa shape index (κ3) is 12.4. The average Bonchev–Trinajstić information content (AvgIpc) is 2.88. The van der Waals surface area contributed by atoms with Crippen molar-refractivity contribution >= 4 is 16.1 Å². The molecule has 0 fully saturated rings. The molecule has 0 radical (unpaired) electrons. The van der Waals surface area contributed by atoms with Crippen LogP contribution in [-0.2, 0) is 32.1 Å². The molecule has 0 saturated carbocycles. The van der Waals surface area contributed by atoms with E-state index in [0.29, 0.717) is 0 Å². The SMILES string of the molecule is C=CCOCC(OC(/C=C/P(=O)(OC)OC)COP(OCCC#N)N(C(C)C)C(C)C)n1ccc(=O)[nH]c1=O. The Morgan fingerprint density at radius 1 is 1.18 bits per heavy atom. The highest BCUT2D eigenvalue weighted by atomic mass is 31.2. The smallest absolute Gasteiger partial charge is 0.353 e. The van der Waals surface area contributed by atoms with Gasteiger partial charge in [-0.1, -0.05) is 6.08 Å². The molecule has 1 rings (SSSR count). The Labute approximate surface area is 230 Å². The summed E-state index contributed by atoms with van der Waals surface area (Å²) in [7, 11) is -2.68. The van der Waals surface area contributed by atoms with E-state index in [1.165, 1.54) is 42.9 Å². The Kier molecular flexibility index (Phi) is 16.5. The number of ether oxygens (including phenoxy) is 2. The van der Waals surface area contributed by atoms with Crippen LogP contribution < -0.4 is 11.2 Å². The minimum atomic E-state index is -3.56. The van der Waals surface area contributed by atoms with Crippen molar-refractivity contribution in [3.05, 3.63) is 57.6 Å². The van der Waals surface area contributed by atoms with Gasteiger partial charge in [0.2, 0.25) is 0 Å². The molecule has 0 aliphatic heterocycles. The Morgan fingerprint density at radius 3 is 2.38 bits per heavy atom. The van der Waals surface area contributed by atoms with Crippen molar-refractivity contribution in [2.75, 3.05) is 40.6 Å².